The first-order chi connectivity index (χ1) is 7.75. The maximum atomic E-state index is 11.6. The first-order valence-electron chi connectivity index (χ1n) is 5.27. The van der Waals surface area contributed by atoms with E-state index >= 15 is 0 Å². The van der Waals surface area contributed by atoms with Crippen molar-refractivity contribution in [2.75, 3.05) is 0 Å². The third-order valence-corrected chi connectivity index (χ3v) is 2.49. The maximum Gasteiger partial charge on any atom is 0.306 e. The van der Waals surface area contributed by atoms with Crippen molar-refractivity contribution >= 4 is 11.9 Å². The molecule has 2 rings (SSSR count). The van der Waals surface area contributed by atoms with Gasteiger partial charge in [-0.05, 0) is 5.56 Å². The Morgan fingerprint density at radius 3 is 2.75 bits per heavy atom. The van der Waals surface area contributed by atoms with Gasteiger partial charge in [-0.3, -0.25) is 9.59 Å². The number of rotatable bonds is 3. The fraction of sp³-hybridized carbons (Fsp3) is 0.333. The van der Waals surface area contributed by atoms with E-state index in [0.29, 0.717) is 19.4 Å². The monoisotopic (exact) mass is 219 g/mol. The van der Waals surface area contributed by atoms with Gasteiger partial charge in [0.25, 0.3) is 5.91 Å². The first-order valence-corrected chi connectivity index (χ1v) is 5.27. The van der Waals surface area contributed by atoms with Gasteiger partial charge < -0.3 is 10.1 Å². The van der Waals surface area contributed by atoms with Crippen LogP contribution in [0.2, 0.25) is 0 Å². The summed E-state index contributed by atoms with van der Waals surface area (Å²) in [5.41, 5.74) is 1.03. The molecule has 84 valence electrons. The van der Waals surface area contributed by atoms with Gasteiger partial charge in [0.2, 0.25) is 0 Å². The third kappa shape index (κ3) is 2.59. The Hall–Kier alpha value is -1.84. The summed E-state index contributed by atoms with van der Waals surface area (Å²) in [6.45, 7) is 0.466. The summed E-state index contributed by atoms with van der Waals surface area (Å²) >= 11 is 0. The van der Waals surface area contributed by atoms with Crippen molar-refractivity contribution in [2.24, 2.45) is 0 Å². The van der Waals surface area contributed by atoms with Crippen LogP contribution in [-0.4, -0.2) is 18.0 Å². The van der Waals surface area contributed by atoms with Crippen LogP contribution in [0.5, 0.6) is 0 Å². The molecule has 0 bridgehead atoms. The number of ether oxygens (including phenoxy) is 1. The molecule has 0 aromatic heterocycles. The summed E-state index contributed by atoms with van der Waals surface area (Å²) in [6.07, 6.45) is 0.222. The van der Waals surface area contributed by atoms with E-state index in [4.69, 9.17) is 4.74 Å². The summed E-state index contributed by atoms with van der Waals surface area (Å²) in [5.74, 6) is -0.505. The molecule has 0 aliphatic carbocycles. The highest BCUT2D eigenvalue weighted by molar-refractivity contribution is 5.86. The Bertz CT molecular complexity index is 389. The standard InChI is InChI=1S/C12H13NO3/c14-11-7-6-10(16-11)12(15)13-8-9-4-2-1-3-5-9/h1-5,10H,6-8H2,(H,13,15)/t10-/m0/s1. The minimum atomic E-state index is -0.601. The number of benzene rings is 1. The molecule has 1 N–H and O–H groups in total. The molecule has 0 unspecified atom stereocenters. The van der Waals surface area contributed by atoms with E-state index in [1.807, 2.05) is 30.3 Å². The van der Waals surface area contributed by atoms with E-state index in [0.717, 1.165) is 5.56 Å². The van der Waals surface area contributed by atoms with Gasteiger partial charge in [-0.2, -0.15) is 0 Å². The summed E-state index contributed by atoms with van der Waals surface area (Å²) in [4.78, 5) is 22.4. The molecule has 4 heteroatoms. The maximum absolute atomic E-state index is 11.6. The minimum Gasteiger partial charge on any atom is -0.452 e. The van der Waals surface area contributed by atoms with Gasteiger partial charge in [0.05, 0.1) is 0 Å². The van der Waals surface area contributed by atoms with Gasteiger partial charge in [0.1, 0.15) is 0 Å². The molecule has 0 spiro atoms. The van der Waals surface area contributed by atoms with Gasteiger partial charge in [-0.15, -0.1) is 0 Å². The van der Waals surface area contributed by atoms with Crippen molar-refractivity contribution in [3.05, 3.63) is 35.9 Å². The highest BCUT2D eigenvalue weighted by atomic mass is 16.6. The van der Waals surface area contributed by atoms with Crippen molar-refractivity contribution in [2.45, 2.75) is 25.5 Å². The van der Waals surface area contributed by atoms with Crippen LogP contribution in [0.15, 0.2) is 30.3 Å². The van der Waals surface area contributed by atoms with Crippen molar-refractivity contribution in [3.63, 3.8) is 0 Å². The molecule has 1 heterocycles. The molecule has 1 aromatic rings. The number of cyclic esters (lactones) is 1. The number of esters is 1. The fourth-order valence-corrected chi connectivity index (χ4v) is 1.61. The molecule has 16 heavy (non-hydrogen) atoms. The zero-order chi connectivity index (χ0) is 11.4. The number of nitrogens with one attached hydrogen (secondary N) is 1. The van der Waals surface area contributed by atoms with Crippen LogP contribution in [-0.2, 0) is 20.9 Å². The van der Waals surface area contributed by atoms with Crippen molar-refractivity contribution < 1.29 is 14.3 Å². The summed E-state index contributed by atoms with van der Waals surface area (Å²) in [7, 11) is 0. The second kappa shape index (κ2) is 4.79. The Kier molecular flexibility index (Phi) is 3.19. The lowest BCUT2D eigenvalue weighted by molar-refractivity contribution is -0.148. The molecule has 4 nitrogen and oxygen atoms in total. The van der Waals surface area contributed by atoms with Crippen LogP contribution in [0.1, 0.15) is 18.4 Å². The lowest BCUT2D eigenvalue weighted by Gasteiger charge is -2.09. The highest BCUT2D eigenvalue weighted by Gasteiger charge is 2.29. The SMILES string of the molecule is O=C1CC[C@@H](C(=O)NCc2ccccc2)O1. The molecule has 1 aliphatic heterocycles. The van der Waals surface area contributed by atoms with Gasteiger partial charge in [0.15, 0.2) is 6.10 Å². The van der Waals surface area contributed by atoms with E-state index in [1.54, 1.807) is 0 Å². The highest BCUT2D eigenvalue weighted by Crippen LogP contribution is 2.13. The van der Waals surface area contributed by atoms with E-state index < -0.39 is 6.10 Å². The topological polar surface area (TPSA) is 55.4 Å². The molecule has 1 amide bonds. The lowest BCUT2D eigenvalue weighted by Crippen LogP contribution is -2.33. The number of hydrogen-bond acceptors (Lipinski definition) is 3. The van der Waals surface area contributed by atoms with E-state index in [9.17, 15) is 9.59 Å². The summed E-state index contributed by atoms with van der Waals surface area (Å²) in [6, 6.07) is 9.61. The number of hydrogen-bond donors (Lipinski definition) is 1. The van der Waals surface area contributed by atoms with Gasteiger partial charge >= 0.3 is 5.97 Å². The van der Waals surface area contributed by atoms with E-state index in [1.165, 1.54) is 0 Å². The van der Waals surface area contributed by atoms with Gasteiger partial charge in [-0.1, -0.05) is 30.3 Å². The first kappa shape index (κ1) is 10.7. The Balaban J connectivity index is 1.82. The largest absolute Gasteiger partial charge is 0.452 e. The zero-order valence-electron chi connectivity index (χ0n) is 8.81. The van der Waals surface area contributed by atoms with Gasteiger partial charge in [-0.25, -0.2) is 0 Å². The molecule has 1 saturated heterocycles. The Labute approximate surface area is 93.6 Å². The minimum absolute atomic E-state index is 0.213. The second-order valence-corrected chi connectivity index (χ2v) is 3.72. The van der Waals surface area contributed by atoms with Crippen LogP contribution in [0, 0.1) is 0 Å². The number of carbonyl (C=O) groups is 2. The van der Waals surface area contributed by atoms with Crippen LogP contribution in [0.3, 0.4) is 0 Å². The summed E-state index contributed by atoms with van der Waals surface area (Å²) in [5, 5.41) is 2.75. The smallest absolute Gasteiger partial charge is 0.306 e. The van der Waals surface area contributed by atoms with E-state index in [2.05, 4.69) is 5.32 Å². The molecule has 1 atom stereocenters. The average Bonchev–Trinajstić information content (AvgIpc) is 2.74. The van der Waals surface area contributed by atoms with Crippen molar-refractivity contribution in [1.29, 1.82) is 0 Å². The number of amides is 1. The quantitative estimate of drug-likeness (QED) is 0.772. The lowest BCUT2D eigenvalue weighted by atomic mass is 10.2. The normalized spacial score (nSPS) is 19.2. The van der Waals surface area contributed by atoms with Crippen molar-refractivity contribution in [3.8, 4) is 0 Å². The predicted molar refractivity (Wildman–Crippen MR) is 57.4 cm³/mol. The van der Waals surface area contributed by atoms with E-state index in [-0.39, 0.29) is 11.9 Å². The molecule has 0 saturated carbocycles. The molecule has 0 radical (unpaired) electrons. The summed E-state index contributed by atoms with van der Waals surface area (Å²) < 4.78 is 4.86. The Morgan fingerprint density at radius 2 is 2.12 bits per heavy atom. The third-order valence-electron chi connectivity index (χ3n) is 2.49. The molecular formula is C12H13NO3. The molecular weight excluding hydrogens is 206 g/mol. The van der Waals surface area contributed by atoms with Crippen LogP contribution < -0.4 is 5.32 Å². The van der Waals surface area contributed by atoms with Crippen LogP contribution in [0.4, 0.5) is 0 Å². The van der Waals surface area contributed by atoms with Crippen LogP contribution >= 0.6 is 0 Å². The fourth-order valence-electron chi connectivity index (χ4n) is 1.61. The molecule has 1 aromatic carbocycles. The molecule has 1 aliphatic rings. The molecule has 1 fully saturated rings. The Morgan fingerprint density at radius 1 is 1.38 bits per heavy atom. The number of carbonyl (C=O) groups excluding carboxylic acids is 2. The van der Waals surface area contributed by atoms with Crippen molar-refractivity contribution in [1.82, 2.24) is 5.32 Å². The van der Waals surface area contributed by atoms with Gasteiger partial charge in [0, 0.05) is 19.4 Å². The second-order valence-electron chi connectivity index (χ2n) is 3.72. The zero-order valence-corrected chi connectivity index (χ0v) is 8.81. The average molecular weight is 219 g/mol. The predicted octanol–water partition coefficient (Wildman–Crippen LogP) is 1.01. The van der Waals surface area contributed by atoms with Crippen LogP contribution in [0.25, 0.3) is 0 Å².